The molecular weight excluding hydrogens is 395 g/mol. The van der Waals surface area contributed by atoms with E-state index in [1.54, 1.807) is 34.1 Å². The molecular formula is C24H31FN4O2. The average Bonchev–Trinajstić information content (AvgIpc) is 3.08. The average molecular weight is 427 g/mol. The summed E-state index contributed by atoms with van der Waals surface area (Å²) in [6.07, 6.45) is 6.27. The van der Waals surface area contributed by atoms with Gasteiger partial charge in [-0.1, -0.05) is 30.7 Å². The van der Waals surface area contributed by atoms with Crippen LogP contribution in [0.3, 0.4) is 0 Å². The second-order valence-electron chi connectivity index (χ2n) is 8.62. The largest absolute Gasteiger partial charge is 0.333 e. The number of amides is 3. The lowest BCUT2D eigenvalue weighted by Gasteiger charge is -2.33. The smallest absolute Gasteiger partial charge is 0.322 e. The highest BCUT2D eigenvalue weighted by Crippen LogP contribution is 2.37. The number of nitrogens with zero attached hydrogens (tertiary/aromatic N) is 3. The number of hydrogen-bond acceptors (Lipinski definition) is 3. The van der Waals surface area contributed by atoms with Crippen LogP contribution in [0.4, 0.5) is 9.18 Å². The normalized spacial score (nSPS) is 24.5. The van der Waals surface area contributed by atoms with E-state index in [1.807, 2.05) is 0 Å². The Kier molecular flexibility index (Phi) is 6.41. The van der Waals surface area contributed by atoms with Gasteiger partial charge in [0.25, 0.3) is 5.91 Å². The Labute approximate surface area is 183 Å². The van der Waals surface area contributed by atoms with Crippen LogP contribution < -0.4 is 5.32 Å². The van der Waals surface area contributed by atoms with Crippen molar-refractivity contribution in [1.29, 1.82) is 0 Å². The zero-order valence-electron chi connectivity index (χ0n) is 18.1. The lowest BCUT2D eigenvalue weighted by atomic mass is 9.95. The van der Waals surface area contributed by atoms with Crippen LogP contribution in [0.2, 0.25) is 0 Å². The Morgan fingerprint density at radius 3 is 2.77 bits per heavy atom. The lowest BCUT2D eigenvalue weighted by molar-refractivity contribution is -0.125. The van der Waals surface area contributed by atoms with Crippen LogP contribution in [0.15, 0.2) is 48.2 Å². The third kappa shape index (κ3) is 4.24. The molecule has 31 heavy (non-hydrogen) atoms. The van der Waals surface area contributed by atoms with Gasteiger partial charge in [0.1, 0.15) is 5.82 Å². The molecule has 3 aliphatic rings. The van der Waals surface area contributed by atoms with Gasteiger partial charge in [-0.15, -0.1) is 6.58 Å². The van der Waals surface area contributed by atoms with Gasteiger partial charge in [0.2, 0.25) is 0 Å². The van der Waals surface area contributed by atoms with Gasteiger partial charge in [0.05, 0.1) is 23.9 Å². The molecule has 6 nitrogen and oxygen atoms in total. The van der Waals surface area contributed by atoms with Gasteiger partial charge in [-0.05, 0) is 38.8 Å². The molecule has 1 saturated heterocycles. The molecule has 3 heterocycles. The monoisotopic (exact) mass is 426 g/mol. The second kappa shape index (κ2) is 9.22. The minimum Gasteiger partial charge on any atom is -0.333 e. The zero-order valence-corrected chi connectivity index (χ0v) is 18.1. The summed E-state index contributed by atoms with van der Waals surface area (Å²) >= 11 is 0. The van der Waals surface area contributed by atoms with Crippen molar-refractivity contribution in [2.45, 2.75) is 44.7 Å². The molecule has 2 unspecified atom stereocenters. The van der Waals surface area contributed by atoms with Crippen molar-refractivity contribution in [1.82, 2.24) is 20.0 Å². The van der Waals surface area contributed by atoms with Crippen molar-refractivity contribution in [3.05, 3.63) is 59.6 Å². The predicted octanol–water partition coefficient (Wildman–Crippen LogP) is 3.44. The highest BCUT2D eigenvalue weighted by molar-refractivity contribution is 6.01. The van der Waals surface area contributed by atoms with Crippen LogP contribution in [-0.2, 0) is 4.79 Å². The number of hydrogen-bond donors (Lipinski definition) is 1. The third-order valence-corrected chi connectivity index (χ3v) is 6.64. The van der Waals surface area contributed by atoms with Crippen molar-refractivity contribution in [3.8, 4) is 0 Å². The van der Waals surface area contributed by atoms with E-state index in [1.165, 1.54) is 25.3 Å². The highest BCUT2D eigenvalue weighted by Gasteiger charge is 2.44. The van der Waals surface area contributed by atoms with Gasteiger partial charge >= 0.3 is 6.03 Å². The summed E-state index contributed by atoms with van der Waals surface area (Å²) in [5.41, 5.74) is 1.45. The maximum Gasteiger partial charge on any atom is 0.322 e. The van der Waals surface area contributed by atoms with E-state index >= 15 is 0 Å². The molecule has 0 spiro atoms. The summed E-state index contributed by atoms with van der Waals surface area (Å²) in [4.78, 5) is 32.0. The number of halogens is 1. The minimum absolute atomic E-state index is 0.121. The topological polar surface area (TPSA) is 55.9 Å². The molecule has 0 saturated carbocycles. The van der Waals surface area contributed by atoms with Gasteiger partial charge in [0.15, 0.2) is 0 Å². The van der Waals surface area contributed by atoms with Crippen molar-refractivity contribution < 1.29 is 14.0 Å². The number of carbonyl (C=O) groups is 2. The Morgan fingerprint density at radius 1 is 1.23 bits per heavy atom. The summed E-state index contributed by atoms with van der Waals surface area (Å²) in [5, 5.41) is 2.83. The van der Waals surface area contributed by atoms with Gasteiger partial charge in [-0.2, -0.15) is 0 Å². The quantitative estimate of drug-likeness (QED) is 0.680. The number of likely N-dealkylation sites (tertiary alicyclic amines) is 1. The fraction of sp³-hybridized carbons (Fsp3) is 0.500. The van der Waals surface area contributed by atoms with Crippen LogP contribution in [0.5, 0.6) is 0 Å². The Morgan fingerprint density at radius 2 is 2.03 bits per heavy atom. The molecule has 0 aromatic heterocycles. The first-order valence-corrected chi connectivity index (χ1v) is 11.2. The Balaban J connectivity index is 1.53. The Bertz CT molecular complexity index is 899. The summed E-state index contributed by atoms with van der Waals surface area (Å²) in [6.45, 7) is 9.37. The van der Waals surface area contributed by atoms with Crippen LogP contribution in [0.25, 0.3) is 0 Å². The van der Waals surface area contributed by atoms with Crippen LogP contribution in [0, 0.1) is 5.82 Å². The molecule has 1 N–H and O–H groups in total. The summed E-state index contributed by atoms with van der Waals surface area (Å²) < 4.78 is 14.5. The first-order chi connectivity index (χ1) is 15.0. The number of benzene rings is 1. The maximum absolute atomic E-state index is 14.5. The van der Waals surface area contributed by atoms with Crippen LogP contribution in [0.1, 0.15) is 44.2 Å². The zero-order chi connectivity index (χ0) is 22.0. The number of urea groups is 1. The fourth-order valence-corrected chi connectivity index (χ4v) is 4.95. The van der Waals surface area contributed by atoms with E-state index in [9.17, 15) is 14.0 Å². The fourth-order valence-electron chi connectivity index (χ4n) is 4.95. The molecule has 0 aliphatic carbocycles. The third-order valence-electron chi connectivity index (χ3n) is 6.64. The molecule has 2 atom stereocenters. The van der Waals surface area contributed by atoms with Gasteiger partial charge in [-0.3, -0.25) is 9.69 Å². The number of rotatable bonds is 7. The maximum atomic E-state index is 14.5. The van der Waals surface area contributed by atoms with E-state index in [0.717, 1.165) is 19.5 Å². The van der Waals surface area contributed by atoms with Crippen LogP contribution >= 0.6 is 0 Å². The van der Waals surface area contributed by atoms with Gasteiger partial charge in [0, 0.05) is 31.2 Å². The lowest BCUT2D eigenvalue weighted by Crippen LogP contribution is -2.47. The highest BCUT2D eigenvalue weighted by atomic mass is 19.1. The molecule has 1 aromatic rings. The minimum atomic E-state index is -0.774. The summed E-state index contributed by atoms with van der Waals surface area (Å²) in [7, 11) is 0. The number of carbonyl (C=O) groups excluding carboxylic acids is 2. The molecule has 1 fully saturated rings. The van der Waals surface area contributed by atoms with E-state index in [2.05, 4.69) is 23.7 Å². The van der Waals surface area contributed by atoms with E-state index in [0.29, 0.717) is 42.5 Å². The Hall–Kier alpha value is -2.67. The second-order valence-corrected chi connectivity index (χ2v) is 8.62. The number of piperidine rings is 1. The number of nitrogens with one attached hydrogen (secondary N) is 1. The molecule has 0 radical (unpaired) electrons. The van der Waals surface area contributed by atoms with Crippen LogP contribution in [-0.4, -0.2) is 65.4 Å². The van der Waals surface area contributed by atoms with Crippen molar-refractivity contribution in [3.63, 3.8) is 0 Å². The summed E-state index contributed by atoms with van der Waals surface area (Å²) in [5.74, 6) is -0.550. The molecule has 4 rings (SSSR count). The first kappa shape index (κ1) is 21.6. The SMILES string of the molecule is C=CCN1C(=O)NC(c2ccccc2F)C2=C1CN(CCCN1CCCCC1C)C2=O. The molecule has 166 valence electrons. The molecule has 7 heteroatoms. The first-order valence-electron chi connectivity index (χ1n) is 11.2. The molecule has 1 aromatic carbocycles. The molecule has 0 bridgehead atoms. The molecule has 3 aliphatic heterocycles. The van der Waals surface area contributed by atoms with Gasteiger partial charge in [-0.25, -0.2) is 9.18 Å². The van der Waals surface area contributed by atoms with E-state index in [-0.39, 0.29) is 11.9 Å². The summed E-state index contributed by atoms with van der Waals surface area (Å²) in [6, 6.07) is 5.79. The predicted molar refractivity (Wildman–Crippen MR) is 118 cm³/mol. The van der Waals surface area contributed by atoms with Gasteiger partial charge < -0.3 is 15.1 Å². The van der Waals surface area contributed by atoms with Crippen molar-refractivity contribution >= 4 is 11.9 Å². The van der Waals surface area contributed by atoms with E-state index < -0.39 is 11.9 Å². The molecule has 3 amide bonds. The van der Waals surface area contributed by atoms with Crippen molar-refractivity contribution in [2.75, 3.05) is 32.7 Å². The van der Waals surface area contributed by atoms with Crippen molar-refractivity contribution in [2.24, 2.45) is 0 Å². The standard InChI is InChI=1S/C24H31FN4O2/c1-3-12-29-20-16-28(15-8-14-27-13-7-6-9-17(27)2)23(30)21(20)22(26-24(29)31)18-10-4-5-11-19(18)25/h3-5,10-11,17,22H,1,6-9,12-16H2,2H3,(H,26,31). The van der Waals surface area contributed by atoms with E-state index in [4.69, 9.17) is 0 Å².